The number of likely N-dealkylation sites (N-methyl/N-ethyl adjacent to an activating group) is 1. The minimum atomic E-state index is -1.000. The zero-order valence-electron chi connectivity index (χ0n) is 12.3. The number of benzene rings is 1. The Labute approximate surface area is 124 Å². The van der Waals surface area contributed by atoms with Gasteiger partial charge in [0.05, 0.1) is 17.0 Å². The molecular formula is C16H24N2OS. The molecule has 0 radical (unpaired) electrons. The van der Waals surface area contributed by atoms with Crippen LogP contribution in [0.1, 0.15) is 37.3 Å². The monoisotopic (exact) mass is 292 g/mol. The van der Waals surface area contributed by atoms with E-state index in [-0.39, 0.29) is 11.6 Å². The van der Waals surface area contributed by atoms with Crippen molar-refractivity contribution in [2.24, 2.45) is 5.92 Å². The molecule has 4 rings (SSSR count). The fraction of sp³-hybridized carbons (Fsp3) is 0.625. The third-order valence-corrected chi connectivity index (χ3v) is 5.78. The van der Waals surface area contributed by atoms with Gasteiger partial charge >= 0.3 is 0 Å². The van der Waals surface area contributed by atoms with E-state index in [2.05, 4.69) is 40.9 Å². The second-order valence-electron chi connectivity index (χ2n) is 6.34. The largest absolute Gasteiger partial charge is 0.298 e. The molecule has 1 aromatic rings. The molecule has 3 nitrogen and oxygen atoms in total. The molecule has 2 atom stereocenters. The van der Waals surface area contributed by atoms with Gasteiger partial charge in [-0.2, -0.15) is 0 Å². The highest BCUT2D eigenvalue weighted by atomic mass is 32.2. The lowest BCUT2D eigenvalue weighted by Crippen LogP contribution is -2.62. The Hall–Kier alpha value is -0.710. The van der Waals surface area contributed by atoms with Crippen molar-refractivity contribution >= 4 is 11.0 Å². The molecule has 3 fully saturated rings. The summed E-state index contributed by atoms with van der Waals surface area (Å²) >= 11 is 0. The van der Waals surface area contributed by atoms with Gasteiger partial charge in [-0.3, -0.25) is 4.90 Å². The van der Waals surface area contributed by atoms with E-state index in [1.165, 1.54) is 37.8 Å². The lowest BCUT2D eigenvalue weighted by molar-refractivity contribution is -0.0368. The zero-order valence-corrected chi connectivity index (χ0v) is 13.2. The van der Waals surface area contributed by atoms with Crippen LogP contribution < -0.4 is 4.72 Å². The third kappa shape index (κ3) is 2.45. The third-order valence-electron chi connectivity index (χ3n) is 5.22. The number of hydrogen-bond donors (Lipinski definition) is 1. The molecule has 0 amide bonds. The maximum absolute atomic E-state index is 11.8. The molecule has 1 N–H and O–H groups in total. The summed E-state index contributed by atoms with van der Waals surface area (Å²) in [5.41, 5.74) is 1.39. The van der Waals surface area contributed by atoms with E-state index >= 15 is 0 Å². The predicted octanol–water partition coefficient (Wildman–Crippen LogP) is 2.49. The molecule has 2 saturated heterocycles. The Morgan fingerprint density at radius 1 is 1.30 bits per heavy atom. The summed E-state index contributed by atoms with van der Waals surface area (Å²) in [5.74, 6) is 0.866. The van der Waals surface area contributed by atoms with Gasteiger partial charge in [0, 0.05) is 18.3 Å². The number of nitrogens with zero attached hydrogens (tertiary/aromatic N) is 1. The molecule has 4 heteroatoms. The maximum Gasteiger partial charge on any atom is 0.0889 e. The molecule has 110 valence electrons. The standard InChI is InChI=1S/C16H24N2OS/c1-18-12-13-8-10-16(18,11-9-13)15(17-20(2)19)14-6-4-3-5-7-14/h3-7,13,15,17H,8-12H2,1-2H3/t13?,15-,16?,20-/m1/s1. The summed E-state index contributed by atoms with van der Waals surface area (Å²) in [6, 6.07) is 10.7. The molecule has 0 unspecified atom stereocenters. The smallest absolute Gasteiger partial charge is 0.0889 e. The highest BCUT2D eigenvalue weighted by Gasteiger charge is 2.50. The van der Waals surface area contributed by atoms with Crippen LogP contribution in [0.4, 0.5) is 0 Å². The van der Waals surface area contributed by atoms with E-state index in [1.54, 1.807) is 6.26 Å². The van der Waals surface area contributed by atoms with Gasteiger partial charge < -0.3 is 0 Å². The summed E-state index contributed by atoms with van der Waals surface area (Å²) in [5, 5.41) is 0. The summed E-state index contributed by atoms with van der Waals surface area (Å²) in [7, 11) is 1.24. The summed E-state index contributed by atoms with van der Waals surface area (Å²) in [4.78, 5) is 2.52. The Kier molecular flexibility index (Phi) is 3.98. The van der Waals surface area contributed by atoms with Gasteiger partial charge in [-0.1, -0.05) is 30.3 Å². The van der Waals surface area contributed by atoms with Crippen molar-refractivity contribution in [3.63, 3.8) is 0 Å². The van der Waals surface area contributed by atoms with Crippen LogP contribution in [0.15, 0.2) is 30.3 Å². The quantitative estimate of drug-likeness (QED) is 0.924. The first-order chi connectivity index (χ1) is 9.62. The number of nitrogens with one attached hydrogen (secondary N) is 1. The van der Waals surface area contributed by atoms with Crippen LogP contribution >= 0.6 is 0 Å². The summed E-state index contributed by atoms with van der Waals surface area (Å²) in [6.07, 6.45) is 6.77. The van der Waals surface area contributed by atoms with Crippen molar-refractivity contribution < 1.29 is 4.21 Å². The van der Waals surface area contributed by atoms with Crippen molar-refractivity contribution in [3.05, 3.63) is 35.9 Å². The SMILES string of the molecule is CN1CC2CCC1([C@H](N[S@@](C)=O)c1ccccc1)CC2. The van der Waals surface area contributed by atoms with Crippen molar-refractivity contribution in [2.75, 3.05) is 19.8 Å². The Balaban J connectivity index is 1.98. The predicted molar refractivity (Wildman–Crippen MR) is 83.7 cm³/mol. The van der Waals surface area contributed by atoms with Crippen molar-refractivity contribution in [1.29, 1.82) is 0 Å². The molecule has 3 aliphatic rings. The fourth-order valence-corrected chi connectivity index (χ4v) is 4.81. The molecule has 2 aliphatic heterocycles. The molecule has 0 spiro atoms. The van der Waals surface area contributed by atoms with Gasteiger partial charge in [-0.25, -0.2) is 8.93 Å². The molecule has 2 heterocycles. The number of hydrogen-bond acceptors (Lipinski definition) is 2. The van der Waals surface area contributed by atoms with Gasteiger partial charge in [0.2, 0.25) is 0 Å². The molecule has 2 bridgehead atoms. The van der Waals surface area contributed by atoms with E-state index in [0.29, 0.717) is 0 Å². The number of fused-ring (bicyclic) bond motifs is 3. The zero-order chi connectivity index (χ0) is 14.2. The second-order valence-corrected chi connectivity index (χ2v) is 7.49. The van der Waals surface area contributed by atoms with Crippen LogP contribution in [0, 0.1) is 5.92 Å². The van der Waals surface area contributed by atoms with Gasteiger partial charge in [-0.15, -0.1) is 0 Å². The summed E-state index contributed by atoms with van der Waals surface area (Å²) < 4.78 is 15.2. The first-order valence-electron chi connectivity index (χ1n) is 7.47. The van der Waals surface area contributed by atoms with E-state index in [9.17, 15) is 4.21 Å². The van der Waals surface area contributed by atoms with E-state index in [4.69, 9.17) is 0 Å². The highest BCUT2D eigenvalue weighted by Crippen LogP contribution is 2.48. The van der Waals surface area contributed by atoms with Gasteiger partial charge in [0.25, 0.3) is 0 Å². The molecule has 0 aromatic heterocycles. The second kappa shape index (κ2) is 5.58. The molecule has 1 aliphatic carbocycles. The minimum absolute atomic E-state index is 0.127. The van der Waals surface area contributed by atoms with Crippen molar-refractivity contribution in [1.82, 2.24) is 9.62 Å². The fourth-order valence-electron chi connectivity index (χ4n) is 4.12. The topological polar surface area (TPSA) is 32.3 Å². The maximum atomic E-state index is 11.8. The van der Waals surface area contributed by atoms with Crippen molar-refractivity contribution in [3.8, 4) is 0 Å². The lowest BCUT2D eigenvalue weighted by atomic mass is 9.66. The van der Waals surface area contributed by atoms with Crippen LogP contribution in [-0.2, 0) is 11.0 Å². The first-order valence-corrected chi connectivity index (χ1v) is 9.03. The molecular weight excluding hydrogens is 268 g/mol. The molecule has 1 aromatic carbocycles. The van der Waals surface area contributed by atoms with Crippen LogP contribution in [0.5, 0.6) is 0 Å². The van der Waals surface area contributed by atoms with Crippen LogP contribution in [0.2, 0.25) is 0 Å². The average Bonchev–Trinajstić information content (AvgIpc) is 2.47. The Bertz CT molecular complexity index is 483. The lowest BCUT2D eigenvalue weighted by Gasteiger charge is -2.57. The average molecular weight is 292 g/mol. The van der Waals surface area contributed by atoms with Crippen molar-refractivity contribution in [2.45, 2.75) is 37.3 Å². The Morgan fingerprint density at radius 2 is 1.95 bits per heavy atom. The van der Waals surface area contributed by atoms with E-state index in [1.807, 2.05) is 6.07 Å². The van der Waals surface area contributed by atoms with Gasteiger partial charge in [0.1, 0.15) is 0 Å². The van der Waals surface area contributed by atoms with Gasteiger partial charge in [0.15, 0.2) is 0 Å². The summed E-state index contributed by atoms with van der Waals surface area (Å²) in [6.45, 7) is 1.18. The minimum Gasteiger partial charge on any atom is -0.298 e. The van der Waals surface area contributed by atoms with Crippen LogP contribution in [0.25, 0.3) is 0 Å². The number of piperidine rings is 2. The van der Waals surface area contributed by atoms with Gasteiger partial charge in [-0.05, 0) is 44.2 Å². The first kappa shape index (κ1) is 14.2. The normalized spacial score (nSPS) is 33.0. The highest BCUT2D eigenvalue weighted by molar-refractivity contribution is 7.82. The van der Waals surface area contributed by atoms with E-state index < -0.39 is 11.0 Å². The molecule has 1 saturated carbocycles. The molecule has 20 heavy (non-hydrogen) atoms. The van der Waals surface area contributed by atoms with Crippen LogP contribution in [0.3, 0.4) is 0 Å². The van der Waals surface area contributed by atoms with Crippen LogP contribution in [-0.4, -0.2) is 34.5 Å². The number of rotatable bonds is 4. The van der Waals surface area contributed by atoms with E-state index in [0.717, 1.165) is 5.92 Å². The Morgan fingerprint density at radius 3 is 2.50 bits per heavy atom.